The molecule has 0 aliphatic carbocycles. The number of fused-ring (bicyclic) bond motifs is 1. The third-order valence-corrected chi connectivity index (χ3v) is 4.95. The standard InChI is InChI=1S/C22H26N2O4/c1-15-5-4-6-16(9-15)13-23-21(25)12-22(26)24-8-7-17-10-19(27-2)20(28-3)11-18(17)14-24/h4-6,9-11H,7-8,12-14H2,1-3H3,(H,23,25). The summed E-state index contributed by atoms with van der Waals surface area (Å²) in [6.07, 6.45) is 0.584. The number of hydrogen-bond donors (Lipinski definition) is 1. The summed E-state index contributed by atoms with van der Waals surface area (Å²) in [6, 6.07) is 11.8. The van der Waals surface area contributed by atoms with Gasteiger partial charge >= 0.3 is 0 Å². The highest BCUT2D eigenvalue weighted by atomic mass is 16.5. The molecule has 3 rings (SSSR count). The quantitative estimate of drug-likeness (QED) is 0.780. The fourth-order valence-electron chi connectivity index (χ4n) is 3.43. The molecule has 0 unspecified atom stereocenters. The lowest BCUT2D eigenvalue weighted by atomic mass is 9.98. The van der Waals surface area contributed by atoms with Crippen molar-refractivity contribution in [3.8, 4) is 11.5 Å². The number of nitrogens with one attached hydrogen (secondary N) is 1. The van der Waals surface area contributed by atoms with Gasteiger partial charge in [0, 0.05) is 19.6 Å². The van der Waals surface area contributed by atoms with E-state index in [2.05, 4.69) is 5.32 Å². The minimum atomic E-state index is -0.260. The monoisotopic (exact) mass is 382 g/mol. The molecule has 0 saturated carbocycles. The van der Waals surface area contributed by atoms with E-state index in [4.69, 9.17) is 9.47 Å². The van der Waals surface area contributed by atoms with Gasteiger partial charge in [0.2, 0.25) is 11.8 Å². The highest BCUT2D eigenvalue weighted by Crippen LogP contribution is 2.33. The Morgan fingerprint density at radius 3 is 2.46 bits per heavy atom. The number of nitrogens with zero attached hydrogens (tertiary/aromatic N) is 1. The molecule has 0 spiro atoms. The fraction of sp³-hybridized carbons (Fsp3) is 0.364. The van der Waals surface area contributed by atoms with Crippen LogP contribution in [0.4, 0.5) is 0 Å². The van der Waals surface area contributed by atoms with Gasteiger partial charge in [-0.3, -0.25) is 9.59 Å². The molecule has 1 heterocycles. The summed E-state index contributed by atoms with van der Waals surface area (Å²) in [5.74, 6) is 0.912. The van der Waals surface area contributed by atoms with Crippen LogP contribution in [-0.2, 0) is 29.1 Å². The predicted octanol–water partition coefficient (Wildman–Crippen LogP) is 2.60. The average molecular weight is 382 g/mol. The van der Waals surface area contributed by atoms with Crippen molar-refractivity contribution in [3.63, 3.8) is 0 Å². The number of hydrogen-bond acceptors (Lipinski definition) is 4. The maximum Gasteiger partial charge on any atom is 0.232 e. The minimum Gasteiger partial charge on any atom is -0.493 e. The zero-order valence-electron chi connectivity index (χ0n) is 16.6. The Labute approximate surface area is 165 Å². The lowest BCUT2D eigenvalue weighted by Crippen LogP contribution is -2.38. The van der Waals surface area contributed by atoms with Crippen LogP contribution < -0.4 is 14.8 Å². The molecular formula is C22H26N2O4. The second kappa shape index (κ2) is 8.78. The Kier molecular flexibility index (Phi) is 6.19. The third-order valence-electron chi connectivity index (χ3n) is 4.95. The van der Waals surface area contributed by atoms with Crippen LogP contribution in [0, 0.1) is 6.92 Å². The normalized spacial score (nSPS) is 12.9. The number of aryl methyl sites for hydroxylation is 1. The number of benzene rings is 2. The van der Waals surface area contributed by atoms with E-state index in [1.807, 2.05) is 43.3 Å². The molecule has 2 aromatic carbocycles. The predicted molar refractivity (Wildman–Crippen MR) is 106 cm³/mol. The molecule has 0 radical (unpaired) electrons. The molecule has 2 aromatic rings. The highest BCUT2D eigenvalue weighted by Gasteiger charge is 2.24. The Bertz CT molecular complexity index is 879. The molecule has 0 aromatic heterocycles. The molecule has 0 bridgehead atoms. The zero-order valence-corrected chi connectivity index (χ0v) is 16.6. The number of carbonyl (C=O) groups excluding carboxylic acids is 2. The lowest BCUT2D eigenvalue weighted by Gasteiger charge is -2.29. The van der Waals surface area contributed by atoms with E-state index in [0.717, 1.165) is 28.7 Å². The van der Waals surface area contributed by atoms with Crippen LogP contribution >= 0.6 is 0 Å². The fourth-order valence-corrected chi connectivity index (χ4v) is 3.43. The van der Waals surface area contributed by atoms with Crippen molar-refractivity contribution in [3.05, 3.63) is 58.7 Å². The molecule has 1 aliphatic rings. The van der Waals surface area contributed by atoms with Gasteiger partial charge in [-0.15, -0.1) is 0 Å². The van der Waals surface area contributed by atoms with Crippen LogP contribution in [0.3, 0.4) is 0 Å². The summed E-state index contributed by atoms with van der Waals surface area (Å²) in [4.78, 5) is 26.5. The first-order valence-corrected chi connectivity index (χ1v) is 9.34. The van der Waals surface area contributed by atoms with E-state index >= 15 is 0 Å². The van der Waals surface area contributed by atoms with E-state index in [1.165, 1.54) is 0 Å². The van der Waals surface area contributed by atoms with Crippen molar-refractivity contribution < 1.29 is 19.1 Å². The van der Waals surface area contributed by atoms with Gasteiger partial charge in [0.1, 0.15) is 6.42 Å². The van der Waals surface area contributed by atoms with Gasteiger partial charge in [-0.2, -0.15) is 0 Å². The van der Waals surface area contributed by atoms with Crippen LogP contribution in [0.2, 0.25) is 0 Å². The number of ether oxygens (including phenoxy) is 2. The first-order valence-electron chi connectivity index (χ1n) is 9.34. The molecule has 2 amide bonds. The highest BCUT2D eigenvalue weighted by molar-refractivity contribution is 5.96. The molecule has 6 nitrogen and oxygen atoms in total. The molecule has 148 valence electrons. The van der Waals surface area contributed by atoms with Crippen LogP contribution in [0.5, 0.6) is 11.5 Å². The van der Waals surface area contributed by atoms with Gasteiger partial charge in [0.05, 0.1) is 14.2 Å². The van der Waals surface area contributed by atoms with Crippen molar-refractivity contribution >= 4 is 11.8 Å². The Hall–Kier alpha value is -3.02. The summed E-state index contributed by atoms with van der Waals surface area (Å²) in [5, 5.41) is 2.83. The molecule has 1 N–H and O–H groups in total. The summed E-state index contributed by atoms with van der Waals surface area (Å²) in [6.45, 7) is 3.49. The second-order valence-corrected chi connectivity index (χ2v) is 6.98. The van der Waals surface area contributed by atoms with Gasteiger partial charge in [-0.1, -0.05) is 29.8 Å². The first-order chi connectivity index (χ1) is 13.5. The van der Waals surface area contributed by atoms with Crippen molar-refractivity contribution in [1.29, 1.82) is 0 Å². The van der Waals surface area contributed by atoms with Crippen molar-refractivity contribution in [2.45, 2.75) is 32.9 Å². The van der Waals surface area contributed by atoms with Crippen LogP contribution in [0.25, 0.3) is 0 Å². The Balaban J connectivity index is 1.57. The van der Waals surface area contributed by atoms with Gasteiger partial charge in [0.25, 0.3) is 0 Å². The second-order valence-electron chi connectivity index (χ2n) is 6.98. The lowest BCUT2D eigenvalue weighted by molar-refractivity contribution is -0.136. The summed E-state index contributed by atoms with van der Waals surface area (Å²) < 4.78 is 10.7. The molecule has 0 atom stereocenters. The first kappa shape index (κ1) is 19.7. The molecule has 28 heavy (non-hydrogen) atoms. The minimum absolute atomic E-state index is 0.144. The smallest absolute Gasteiger partial charge is 0.232 e. The summed E-state index contributed by atoms with van der Waals surface area (Å²) in [7, 11) is 3.20. The SMILES string of the molecule is COc1cc2c(cc1OC)CN(C(=O)CC(=O)NCc1cccc(C)c1)CC2. The van der Waals surface area contributed by atoms with E-state index < -0.39 is 0 Å². The number of amides is 2. The van der Waals surface area contributed by atoms with Crippen LogP contribution in [-0.4, -0.2) is 37.5 Å². The number of carbonyl (C=O) groups is 2. The Morgan fingerprint density at radius 2 is 1.79 bits per heavy atom. The number of methoxy groups -OCH3 is 2. The molecule has 0 fully saturated rings. The number of rotatable bonds is 6. The maximum absolute atomic E-state index is 12.6. The van der Waals surface area contributed by atoms with Crippen molar-refractivity contribution in [1.82, 2.24) is 10.2 Å². The van der Waals surface area contributed by atoms with Crippen molar-refractivity contribution in [2.75, 3.05) is 20.8 Å². The Morgan fingerprint density at radius 1 is 1.07 bits per heavy atom. The molecule has 6 heteroatoms. The van der Waals surface area contributed by atoms with Gasteiger partial charge in [-0.05, 0) is 42.2 Å². The largest absolute Gasteiger partial charge is 0.493 e. The van der Waals surface area contributed by atoms with Gasteiger partial charge in [-0.25, -0.2) is 0 Å². The van der Waals surface area contributed by atoms with Gasteiger partial charge < -0.3 is 19.7 Å². The van der Waals surface area contributed by atoms with Crippen LogP contribution in [0.1, 0.15) is 28.7 Å². The zero-order chi connectivity index (χ0) is 20.1. The maximum atomic E-state index is 12.6. The van der Waals surface area contributed by atoms with E-state index in [1.54, 1.807) is 19.1 Å². The summed E-state index contributed by atoms with van der Waals surface area (Å²) >= 11 is 0. The van der Waals surface area contributed by atoms with Gasteiger partial charge in [0.15, 0.2) is 11.5 Å². The van der Waals surface area contributed by atoms with E-state index in [0.29, 0.717) is 31.1 Å². The molecule has 0 saturated heterocycles. The summed E-state index contributed by atoms with van der Waals surface area (Å²) in [5.41, 5.74) is 4.33. The van der Waals surface area contributed by atoms with Crippen LogP contribution in [0.15, 0.2) is 36.4 Å². The topological polar surface area (TPSA) is 67.9 Å². The molecular weight excluding hydrogens is 356 g/mol. The third kappa shape index (κ3) is 4.63. The molecule has 1 aliphatic heterocycles. The average Bonchev–Trinajstić information content (AvgIpc) is 2.70. The van der Waals surface area contributed by atoms with E-state index in [-0.39, 0.29) is 18.2 Å². The van der Waals surface area contributed by atoms with Crippen molar-refractivity contribution in [2.24, 2.45) is 0 Å². The van der Waals surface area contributed by atoms with E-state index in [9.17, 15) is 9.59 Å².